The largest absolute Gasteiger partial charge is 0.467 e. The molecule has 0 N–H and O–H groups in total. The molecule has 1 aliphatic heterocycles. The summed E-state index contributed by atoms with van der Waals surface area (Å²) >= 11 is 0. The molecule has 7 nitrogen and oxygen atoms in total. The molecule has 7 heteroatoms. The minimum absolute atomic E-state index is 0.101. The second-order valence-electron chi connectivity index (χ2n) is 5.97. The smallest absolute Gasteiger partial charge is 0.336 e. The van der Waals surface area contributed by atoms with Crippen molar-refractivity contribution in [2.24, 2.45) is 0 Å². The van der Waals surface area contributed by atoms with E-state index in [2.05, 4.69) is 15.0 Å². The van der Waals surface area contributed by atoms with E-state index in [0.717, 1.165) is 23.6 Å². The third kappa shape index (κ3) is 3.93. The lowest BCUT2D eigenvalue weighted by Gasteiger charge is -2.36. The number of morpholine rings is 1. The van der Waals surface area contributed by atoms with Crippen molar-refractivity contribution in [3.63, 3.8) is 0 Å². The van der Waals surface area contributed by atoms with Crippen LogP contribution in [0.15, 0.2) is 30.5 Å². The van der Waals surface area contributed by atoms with Gasteiger partial charge >= 0.3 is 5.97 Å². The van der Waals surface area contributed by atoms with Gasteiger partial charge in [-0.1, -0.05) is 13.0 Å². The molecule has 2 aromatic rings. The van der Waals surface area contributed by atoms with Crippen LogP contribution in [0.1, 0.15) is 19.5 Å². The maximum absolute atomic E-state index is 11.9. The second kappa shape index (κ2) is 7.57. The highest BCUT2D eigenvalue weighted by Gasteiger charge is 2.32. The number of esters is 1. The molecule has 3 rings (SSSR count). The number of pyridine rings is 1. The molecule has 0 aliphatic carbocycles. The predicted octanol–water partition coefficient (Wildman–Crippen LogP) is 1.87. The Hall–Kier alpha value is -2.54. The molecule has 1 unspecified atom stereocenters. The summed E-state index contributed by atoms with van der Waals surface area (Å²) < 4.78 is 10.5. The van der Waals surface area contributed by atoms with Crippen molar-refractivity contribution in [1.82, 2.24) is 15.0 Å². The van der Waals surface area contributed by atoms with Crippen molar-refractivity contribution in [2.75, 3.05) is 25.1 Å². The molecule has 132 valence electrons. The van der Waals surface area contributed by atoms with Crippen LogP contribution in [0.2, 0.25) is 0 Å². The van der Waals surface area contributed by atoms with Crippen molar-refractivity contribution < 1.29 is 14.3 Å². The maximum atomic E-state index is 11.9. The van der Waals surface area contributed by atoms with Crippen LogP contribution in [-0.2, 0) is 20.7 Å². The zero-order valence-corrected chi connectivity index (χ0v) is 14.7. The number of hydrogen-bond acceptors (Lipinski definition) is 7. The van der Waals surface area contributed by atoms with Gasteiger partial charge in [0, 0.05) is 24.5 Å². The molecular weight excluding hydrogens is 320 g/mol. The number of anilines is 1. The van der Waals surface area contributed by atoms with Gasteiger partial charge < -0.3 is 14.4 Å². The summed E-state index contributed by atoms with van der Waals surface area (Å²) in [6, 6.07) is 7.61. The second-order valence-corrected chi connectivity index (χ2v) is 5.97. The number of carbonyl (C=O) groups is 1. The number of methoxy groups -OCH3 is 1. The quantitative estimate of drug-likeness (QED) is 0.785. The van der Waals surface area contributed by atoms with Gasteiger partial charge in [0.15, 0.2) is 11.9 Å². The summed E-state index contributed by atoms with van der Waals surface area (Å²) in [7, 11) is 1.37. The molecule has 1 saturated heterocycles. The van der Waals surface area contributed by atoms with Crippen molar-refractivity contribution in [3.05, 3.63) is 36.2 Å². The summed E-state index contributed by atoms with van der Waals surface area (Å²) in [6.45, 7) is 5.03. The summed E-state index contributed by atoms with van der Waals surface area (Å²) in [5.41, 5.74) is 1.66. The first-order chi connectivity index (χ1) is 12.1. The molecule has 0 aromatic carbocycles. The summed E-state index contributed by atoms with van der Waals surface area (Å²) in [4.78, 5) is 27.5. The molecule has 0 saturated carbocycles. The van der Waals surface area contributed by atoms with Crippen LogP contribution >= 0.6 is 0 Å². The van der Waals surface area contributed by atoms with Crippen LogP contribution in [0, 0.1) is 0 Å². The first kappa shape index (κ1) is 17.3. The fourth-order valence-electron chi connectivity index (χ4n) is 2.84. The van der Waals surface area contributed by atoms with E-state index in [4.69, 9.17) is 9.47 Å². The fraction of sp³-hybridized carbons (Fsp3) is 0.444. The summed E-state index contributed by atoms with van der Waals surface area (Å²) in [5, 5.41) is 0. The molecule has 2 aromatic heterocycles. The van der Waals surface area contributed by atoms with E-state index in [-0.39, 0.29) is 12.1 Å². The van der Waals surface area contributed by atoms with Gasteiger partial charge in [0.2, 0.25) is 0 Å². The van der Waals surface area contributed by atoms with E-state index >= 15 is 0 Å². The third-order valence-corrected chi connectivity index (χ3v) is 4.07. The van der Waals surface area contributed by atoms with Crippen molar-refractivity contribution in [3.8, 4) is 11.5 Å². The number of aromatic nitrogens is 3. The Morgan fingerprint density at radius 3 is 2.88 bits per heavy atom. The van der Waals surface area contributed by atoms with Crippen molar-refractivity contribution in [2.45, 2.75) is 32.5 Å². The van der Waals surface area contributed by atoms with Crippen LogP contribution < -0.4 is 4.90 Å². The highest BCUT2D eigenvalue weighted by molar-refractivity contribution is 5.75. The lowest BCUT2D eigenvalue weighted by Crippen LogP contribution is -2.50. The predicted molar refractivity (Wildman–Crippen MR) is 93.2 cm³/mol. The maximum Gasteiger partial charge on any atom is 0.336 e. The van der Waals surface area contributed by atoms with Crippen LogP contribution in [0.25, 0.3) is 11.5 Å². The Bertz CT molecular complexity index is 738. The molecule has 0 radical (unpaired) electrons. The Balaban J connectivity index is 1.94. The highest BCUT2D eigenvalue weighted by Crippen LogP contribution is 2.23. The van der Waals surface area contributed by atoms with Gasteiger partial charge in [-0.25, -0.2) is 14.8 Å². The van der Waals surface area contributed by atoms with E-state index in [1.54, 1.807) is 6.20 Å². The van der Waals surface area contributed by atoms with Gasteiger partial charge in [0.25, 0.3) is 0 Å². The minimum Gasteiger partial charge on any atom is -0.467 e. The Morgan fingerprint density at radius 2 is 2.20 bits per heavy atom. The topological polar surface area (TPSA) is 77.4 Å². The van der Waals surface area contributed by atoms with E-state index in [1.807, 2.05) is 43.0 Å². The van der Waals surface area contributed by atoms with Gasteiger partial charge in [-0.2, -0.15) is 0 Å². The number of ether oxygens (including phenoxy) is 2. The van der Waals surface area contributed by atoms with Gasteiger partial charge in [-0.3, -0.25) is 4.98 Å². The average molecular weight is 342 g/mol. The Labute approximate surface area is 147 Å². The Morgan fingerprint density at radius 1 is 1.36 bits per heavy atom. The van der Waals surface area contributed by atoms with Crippen LogP contribution in [0.4, 0.5) is 5.82 Å². The van der Waals surface area contributed by atoms with Gasteiger partial charge in [0.05, 0.1) is 19.8 Å². The highest BCUT2D eigenvalue weighted by atomic mass is 16.6. The van der Waals surface area contributed by atoms with E-state index in [0.29, 0.717) is 18.9 Å². The number of aryl methyl sites for hydroxylation is 1. The molecule has 0 bridgehead atoms. The average Bonchev–Trinajstić information content (AvgIpc) is 2.67. The molecule has 1 fully saturated rings. The first-order valence-corrected chi connectivity index (χ1v) is 8.38. The zero-order valence-electron chi connectivity index (χ0n) is 14.7. The molecule has 0 spiro atoms. The molecule has 25 heavy (non-hydrogen) atoms. The molecule has 3 heterocycles. The third-order valence-electron chi connectivity index (χ3n) is 4.07. The zero-order chi connectivity index (χ0) is 17.8. The van der Waals surface area contributed by atoms with Crippen molar-refractivity contribution >= 4 is 11.8 Å². The van der Waals surface area contributed by atoms with Crippen molar-refractivity contribution in [1.29, 1.82) is 0 Å². The monoisotopic (exact) mass is 342 g/mol. The molecule has 1 aliphatic rings. The van der Waals surface area contributed by atoms with Crippen LogP contribution in [0.3, 0.4) is 0 Å². The van der Waals surface area contributed by atoms with E-state index < -0.39 is 6.10 Å². The van der Waals surface area contributed by atoms with E-state index in [9.17, 15) is 4.79 Å². The minimum atomic E-state index is -0.618. The lowest BCUT2D eigenvalue weighted by molar-refractivity contribution is -0.158. The number of nitrogens with zero attached hydrogens (tertiary/aromatic N) is 4. The normalized spacial score (nSPS) is 20.4. The van der Waals surface area contributed by atoms with Gasteiger partial charge in [-0.05, 0) is 25.5 Å². The molecular formula is C18H22N4O3. The molecule has 2 atom stereocenters. The number of rotatable bonds is 4. The van der Waals surface area contributed by atoms with E-state index in [1.165, 1.54) is 7.11 Å². The van der Waals surface area contributed by atoms with Crippen LogP contribution in [0.5, 0.6) is 0 Å². The number of hydrogen-bond donors (Lipinski definition) is 0. The molecule has 0 amide bonds. The summed E-state index contributed by atoms with van der Waals surface area (Å²) in [6.07, 6.45) is 1.79. The SMILES string of the molecule is CCc1cc(N2CC(C(=O)OC)O[C@H](C)C2)nc(-c2ccccn2)n1. The van der Waals surface area contributed by atoms with Crippen LogP contribution in [-0.4, -0.2) is 53.3 Å². The first-order valence-electron chi connectivity index (χ1n) is 8.38. The summed E-state index contributed by atoms with van der Waals surface area (Å²) in [5.74, 6) is 0.992. The van der Waals surface area contributed by atoms with Gasteiger partial charge in [0.1, 0.15) is 11.5 Å². The van der Waals surface area contributed by atoms with Gasteiger partial charge in [-0.15, -0.1) is 0 Å². The Kier molecular flexibility index (Phi) is 5.23. The standard InChI is InChI=1S/C18H22N4O3/c1-4-13-9-16(21-17(20-13)14-7-5-6-8-19-14)22-10-12(2)25-15(11-22)18(23)24-3/h5-9,12,15H,4,10-11H2,1-3H3/t12-,15?/m1/s1. The number of carbonyl (C=O) groups excluding carboxylic acids is 1. The fourth-order valence-corrected chi connectivity index (χ4v) is 2.84. The lowest BCUT2D eigenvalue weighted by atomic mass is 10.2.